The molecule has 116 valence electrons. The fourth-order valence-electron chi connectivity index (χ4n) is 2.01. The van der Waals surface area contributed by atoms with Crippen LogP contribution in [0.4, 0.5) is 0 Å². The lowest BCUT2D eigenvalue weighted by molar-refractivity contribution is -0.114. The summed E-state index contributed by atoms with van der Waals surface area (Å²) in [4.78, 5) is 11.6. The standard InChI is InChI=1S/C17H19NO4/c1-3-22-17-10-14(6-9-16(17)19)12-18(20)11-13-4-7-15(21-2)8-5-13/h4-10,12,20H,3,11H2,1-2H3. The van der Waals surface area contributed by atoms with Gasteiger partial charge in [0.25, 0.3) is 0 Å². The smallest absolute Gasteiger partial charge is 0.220 e. The Labute approximate surface area is 129 Å². The number of carbonyl (C=O) groups excluding carboxylic acids is 1. The van der Waals surface area contributed by atoms with Gasteiger partial charge >= 0.3 is 0 Å². The number of carbonyl (C=O) groups is 1. The van der Waals surface area contributed by atoms with Crippen LogP contribution in [0.1, 0.15) is 12.5 Å². The van der Waals surface area contributed by atoms with Crippen LogP contribution in [0.3, 0.4) is 0 Å². The van der Waals surface area contributed by atoms with Crippen LogP contribution in [0.2, 0.25) is 0 Å². The average Bonchev–Trinajstić information content (AvgIpc) is 2.51. The van der Waals surface area contributed by atoms with Crippen molar-refractivity contribution in [2.24, 2.45) is 0 Å². The van der Waals surface area contributed by atoms with E-state index in [4.69, 9.17) is 9.47 Å². The molecule has 0 unspecified atom stereocenters. The lowest BCUT2D eigenvalue weighted by Crippen LogP contribution is -2.13. The monoisotopic (exact) mass is 301 g/mol. The number of ketones is 1. The number of hydrogen-bond donors (Lipinski definition) is 1. The van der Waals surface area contributed by atoms with Gasteiger partial charge in [0.15, 0.2) is 5.76 Å². The van der Waals surface area contributed by atoms with Crippen molar-refractivity contribution in [3.63, 3.8) is 0 Å². The molecule has 0 aliphatic heterocycles. The number of hydroxylamine groups is 2. The Morgan fingerprint density at radius 2 is 1.95 bits per heavy atom. The molecule has 0 atom stereocenters. The summed E-state index contributed by atoms with van der Waals surface area (Å²) in [5.74, 6) is 0.886. The normalized spacial score (nSPS) is 15.7. The molecule has 2 rings (SSSR count). The van der Waals surface area contributed by atoms with Crippen LogP contribution in [0.5, 0.6) is 5.75 Å². The lowest BCUT2D eigenvalue weighted by atomic mass is 10.1. The second-order valence-corrected chi connectivity index (χ2v) is 4.71. The van der Waals surface area contributed by atoms with E-state index in [0.717, 1.165) is 16.4 Å². The Bertz CT molecular complexity index is 614. The predicted octanol–water partition coefficient (Wildman–Crippen LogP) is 2.83. The van der Waals surface area contributed by atoms with E-state index < -0.39 is 0 Å². The second-order valence-electron chi connectivity index (χ2n) is 4.71. The van der Waals surface area contributed by atoms with E-state index >= 15 is 0 Å². The van der Waals surface area contributed by atoms with Crippen molar-refractivity contribution in [3.05, 3.63) is 65.6 Å². The van der Waals surface area contributed by atoms with E-state index in [1.54, 1.807) is 25.5 Å². The Balaban J connectivity index is 2.04. The third kappa shape index (κ3) is 4.23. The number of ether oxygens (including phenoxy) is 2. The van der Waals surface area contributed by atoms with E-state index in [1.165, 1.54) is 6.08 Å². The van der Waals surface area contributed by atoms with Crippen molar-refractivity contribution in [1.82, 2.24) is 5.06 Å². The minimum atomic E-state index is -0.168. The van der Waals surface area contributed by atoms with Gasteiger partial charge in [0.05, 0.1) is 20.3 Å². The first-order valence-corrected chi connectivity index (χ1v) is 6.99. The van der Waals surface area contributed by atoms with Gasteiger partial charge in [0, 0.05) is 6.20 Å². The average molecular weight is 301 g/mol. The highest BCUT2D eigenvalue weighted by atomic mass is 16.5. The Morgan fingerprint density at radius 3 is 2.59 bits per heavy atom. The maximum atomic E-state index is 11.6. The summed E-state index contributed by atoms with van der Waals surface area (Å²) in [5.41, 5.74) is 1.63. The zero-order valence-electron chi connectivity index (χ0n) is 12.7. The molecular weight excluding hydrogens is 282 g/mol. The zero-order valence-corrected chi connectivity index (χ0v) is 12.7. The summed E-state index contributed by atoms with van der Waals surface area (Å²) < 4.78 is 10.3. The minimum absolute atomic E-state index is 0.168. The van der Waals surface area contributed by atoms with Gasteiger partial charge < -0.3 is 9.47 Å². The summed E-state index contributed by atoms with van der Waals surface area (Å²) in [6, 6.07) is 7.43. The number of methoxy groups -OCH3 is 1. The highest BCUT2D eigenvalue weighted by molar-refractivity contribution is 6.04. The van der Waals surface area contributed by atoms with Gasteiger partial charge in [-0.1, -0.05) is 12.1 Å². The predicted molar refractivity (Wildman–Crippen MR) is 82.3 cm³/mol. The van der Waals surface area contributed by atoms with Gasteiger partial charge in [0.1, 0.15) is 5.75 Å². The van der Waals surface area contributed by atoms with Gasteiger partial charge in [-0.05, 0) is 48.4 Å². The van der Waals surface area contributed by atoms with Gasteiger partial charge in [-0.2, -0.15) is 0 Å². The maximum absolute atomic E-state index is 11.6. The molecule has 1 N–H and O–H groups in total. The molecule has 0 saturated carbocycles. The van der Waals surface area contributed by atoms with Crippen LogP contribution in [0, 0.1) is 0 Å². The van der Waals surface area contributed by atoms with Crippen LogP contribution in [-0.2, 0) is 16.1 Å². The third-order valence-corrected chi connectivity index (χ3v) is 3.07. The quantitative estimate of drug-likeness (QED) is 0.819. The maximum Gasteiger partial charge on any atom is 0.220 e. The van der Waals surface area contributed by atoms with Gasteiger partial charge in [-0.25, -0.2) is 0 Å². The molecule has 5 nitrogen and oxygen atoms in total. The number of benzene rings is 1. The summed E-state index contributed by atoms with van der Waals surface area (Å²) in [5, 5.41) is 11.1. The van der Waals surface area contributed by atoms with Crippen LogP contribution in [-0.4, -0.2) is 29.8 Å². The van der Waals surface area contributed by atoms with Crippen LogP contribution >= 0.6 is 0 Å². The Hall–Kier alpha value is -2.53. The fourth-order valence-corrected chi connectivity index (χ4v) is 2.01. The molecule has 1 aromatic carbocycles. The van der Waals surface area contributed by atoms with Gasteiger partial charge in [-0.3, -0.25) is 15.1 Å². The van der Waals surface area contributed by atoms with Crippen molar-refractivity contribution in [2.45, 2.75) is 13.5 Å². The van der Waals surface area contributed by atoms with Crippen molar-refractivity contribution >= 4 is 5.78 Å². The molecule has 1 aliphatic carbocycles. The van der Waals surface area contributed by atoms with Gasteiger partial charge in [-0.15, -0.1) is 0 Å². The second kappa shape index (κ2) is 7.47. The first-order valence-electron chi connectivity index (χ1n) is 6.99. The fraction of sp³-hybridized carbons (Fsp3) is 0.235. The molecule has 0 heterocycles. The van der Waals surface area contributed by atoms with E-state index in [2.05, 4.69) is 0 Å². The molecule has 5 heteroatoms. The molecule has 22 heavy (non-hydrogen) atoms. The summed E-state index contributed by atoms with van der Waals surface area (Å²) in [6.45, 7) is 2.57. The van der Waals surface area contributed by atoms with E-state index in [1.807, 2.05) is 31.2 Å². The molecule has 0 aromatic heterocycles. The summed E-state index contributed by atoms with van der Waals surface area (Å²) >= 11 is 0. The third-order valence-electron chi connectivity index (χ3n) is 3.07. The molecule has 0 fully saturated rings. The Morgan fingerprint density at radius 1 is 1.23 bits per heavy atom. The first-order chi connectivity index (χ1) is 10.6. The Kier molecular flexibility index (Phi) is 5.38. The number of rotatable bonds is 6. The first kappa shape index (κ1) is 15.9. The minimum Gasteiger partial charge on any atom is -0.497 e. The molecular formula is C17H19NO4. The SMILES string of the molecule is CCOC1=CC(=CN(O)Cc2ccc(OC)cc2)C=CC1=O. The van der Waals surface area contributed by atoms with Crippen molar-refractivity contribution in [3.8, 4) is 5.75 Å². The molecule has 0 bridgehead atoms. The van der Waals surface area contributed by atoms with Crippen molar-refractivity contribution < 1.29 is 19.5 Å². The van der Waals surface area contributed by atoms with Crippen LogP contribution in [0.15, 0.2) is 60.0 Å². The number of allylic oxidation sites excluding steroid dienone is 4. The van der Waals surface area contributed by atoms with Crippen LogP contribution in [0.25, 0.3) is 0 Å². The molecule has 1 aliphatic rings. The van der Waals surface area contributed by atoms with E-state index in [9.17, 15) is 10.0 Å². The van der Waals surface area contributed by atoms with Crippen LogP contribution < -0.4 is 4.74 Å². The van der Waals surface area contributed by atoms with E-state index in [-0.39, 0.29) is 11.5 Å². The molecule has 0 saturated heterocycles. The highest BCUT2D eigenvalue weighted by Gasteiger charge is 2.12. The molecule has 0 radical (unpaired) electrons. The largest absolute Gasteiger partial charge is 0.497 e. The molecule has 0 spiro atoms. The highest BCUT2D eigenvalue weighted by Crippen LogP contribution is 2.16. The van der Waals surface area contributed by atoms with E-state index in [0.29, 0.717) is 18.7 Å². The molecule has 1 aromatic rings. The van der Waals surface area contributed by atoms with Crippen molar-refractivity contribution in [2.75, 3.05) is 13.7 Å². The lowest BCUT2D eigenvalue weighted by Gasteiger charge is -2.15. The molecule has 0 amide bonds. The number of nitrogens with zero attached hydrogens (tertiary/aromatic N) is 1. The summed E-state index contributed by atoms with van der Waals surface area (Å²) in [7, 11) is 1.61. The number of hydrogen-bond acceptors (Lipinski definition) is 5. The summed E-state index contributed by atoms with van der Waals surface area (Å²) in [6.07, 6.45) is 6.23. The topological polar surface area (TPSA) is 59.0 Å². The zero-order chi connectivity index (χ0) is 15.9. The van der Waals surface area contributed by atoms with Crippen molar-refractivity contribution in [1.29, 1.82) is 0 Å². The van der Waals surface area contributed by atoms with Gasteiger partial charge in [0.2, 0.25) is 5.78 Å².